The highest BCUT2D eigenvalue weighted by Crippen LogP contribution is 1.91. The van der Waals surface area contributed by atoms with Crippen molar-refractivity contribution in [1.82, 2.24) is 5.32 Å². The number of nitrogens with one attached hydrogen (secondary N) is 1. The van der Waals surface area contributed by atoms with Crippen molar-refractivity contribution in [2.24, 2.45) is 0 Å². The predicted molar refractivity (Wildman–Crippen MR) is 38.6 cm³/mol. The first-order valence-corrected chi connectivity index (χ1v) is 3.43. The maximum atomic E-state index is 10.4. The molecule has 0 spiro atoms. The van der Waals surface area contributed by atoms with E-state index in [4.69, 9.17) is 0 Å². The van der Waals surface area contributed by atoms with Crippen molar-refractivity contribution in [3.05, 3.63) is 0 Å². The lowest BCUT2D eigenvalue weighted by atomic mass is 10.2. The molecule has 0 aromatic rings. The van der Waals surface area contributed by atoms with Gasteiger partial charge in [0.05, 0.1) is 6.04 Å². The average Bonchev–Trinajstić information content (AvgIpc) is 1.86. The smallest absolute Gasteiger partial charge is 0.217 e. The first-order chi connectivity index (χ1) is 4.70. The molecule has 0 saturated carbocycles. The molecule has 0 aliphatic heterocycles. The molecule has 0 aromatic heterocycles. The van der Waals surface area contributed by atoms with Gasteiger partial charge in [-0.2, -0.15) is 0 Å². The SMILES string of the molecule is CCC[C@@H](C=O)NC(C)=O. The Balaban J connectivity index is 3.59. The molecule has 58 valence electrons. The minimum Gasteiger partial charge on any atom is -0.347 e. The Morgan fingerprint density at radius 3 is 2.60 bits per heavy atom. The van der Waals surface area contributed by atoms with E-state index in [-0.39, 0.29) is 11.9 Å². The Kier molecular flexibility index (Phi) is 4.54. The molecular weight excluding hydrogens is 130 g/mol. The molecule has 1 atom stereocenters. The summed E-state index contributed by atoms with van der Waals surface area (Å²) < 4.78 is 0. The van der Waals surface area contributed by atoms with E-state index in [2.05, 4.69) is 5.32 Å². The van der Waals surface area contributed by atoms with Gasteiger partial charge in [-0.05, 0) is 6.42 Å². The van der Waals surface area contributed by atoms with Gasteiger partial charge in [0.2, 0.25) is 5.91 Å². The van der Waals surface area contributed by atoms with Gasteiger partial charge in [-0.1, -0.05) is 13.3 Å². The van der Waals surface area contributed by atoms with Crippen LogP contribution in [0.25, 0.3) is 0 Å². The fourth-order valence-electron chi connectivity index (χ4n) is 0.746. The fraction of sp³-hybridized carbons (Fsp3) is 0.714. The molecule has 3 nitrogen and oxygen atoms in total. The van der Waals surface area contributed by atoms with Gasteiger partial charge in [0, 0.05) is 6.92 Å². The summed E-state index contributed by atoms with van der Waals surface area (Å²) in [5.74, 6) is -0.148. The molecule has 0 aliphatic rings. The number of carbonyl (C=O) groups is 2. The summed E-state index contributed by atoms with van der Waals surface area (Å²) in [6, 6.07) is -0.289. The molecule has 0 saturated heterocycles. The van der Waals surface area contributed by atoms with Crippen molar-refractivity contribution >= 4 is 12.2 Å². The van der Waals surface area contributed by atoms with Crippen molar-refractivity contribution in [1.29, 1.82) is 0 Å². The summed E-state index contributed by atoms with van der Waals surface area (Å²) in [7, 11) is 0. The third kappa shape index (κ3) is 4.06. The Morgan fingerprint density at radius 1 is 1.70 bits per heavy atom. The zero-order chi connectivity index (χ0) is 7.98. The predicted octanol–water partition coefficient (Wildman–Crippen LogP) is 0.490. The molecule has 0 aliphatic carbocycles. The minimum atomic E-state index is -0.289. The second-order valence-corrected chi connectivity index (χ2v) is 2.23. The van der Waals surface area contributed by atoms with Crippen LogP contribution in [0.4, 0.5) is 0 Å². The van der Waals surface area contributed by atoms with Crippen LogP contribution in [0.3, 0.4) is 0 Å². The molecule has 0 rings (SSSR count). The lowest BCUT2D eigenvalue weighted by molar-refractivity contribution is -0.122. The van der Waals surface area contributed by atoms with Crippen LogP contribution in [0.15, 0.2) is 0 Å². The van der Waals surface area contributed by atoms with Crippen LogP contribution >= 0.6 is 0 Å². The van der Waals surface area contributed by atoms with Crippen LogP contribution in [0, 0.1) is 0 Å². The topological polar surface area (TPSA) is 46.2 Å². The van der Waals surface area contributed by atoms with E-state index in [0.717, 1.165) is 19.1 Å². The second kappa shape index (κ2) is 4.97. The molecule has 0 bridgehead atoms. The Labute approximate surface area is 60.8 Å². The summed E-state index contributed by atoms with van der Waals surface area (Å²) in [6.07, 6.45) is 2.40. The normalized spacial score (nSPS) is 12.2. The lowest BCUT2D eigenvalue weighted by Gasteiger charge is -2.07. The van der Waals surface area contributed by atoms with E-state index in [1.165, 1.54) is 6.92 Å². The summed E-state index contributed by atoms with van der Waals surface area (Å²) >= 11 is 0. The molecule has 0 aromatic carbocycles. The molecule has 1 N–H and O–H groups in total. The number of amides is 1. The third-order valence-electron chi connectivity index (χ3n) is 1.15. The van der Waals surface area contributed by atoms with Gasteiger partial charge >= 0.3 is 0 Å². The first kappa shape index (κ1) is 9.14. The van der Waals surface area contributed by atoms with Crippen LogP contribution in [0.1, 0.15) is 26.7 Å². The standard InChI is InChI=1S/C7H13NO2/c1-3-4-7(5-9)8-6(2)10/h5,7H,3-4H2,1-2H3,(H,8,10)/t7-/m0/s1. The molecule has 10 heavy (non-hydrogen) atoms. The Morgan fingerprint density at radius 2 is 2.30 bits per heavy atom. The van der Waals surface area contributed by atoms with Crippen LogP contribution in [0.5, 0.6) is 0 Å². The Bertz CT molecular complexity index is 123. The molecule has 3 heteroatoms. The van der Waals surface area contributed by atoms with E-state index < -0.39 is 0 Å². The van der Waals surface area contributed by atoms with Gasteiger partial charge in [-0.25, -0.2) is 0 Å². The van der Waals surface area contributed by atoms with Gasteiger partial charge in [0.1, 0.15) is 6.29 Å². The molecule has 0 unspecified atom stereocenters. The minimum absolute atomic E-state index is 0.148. The summed E-state index contributed by atoms with van der Waals surface area (Å²) in [4.78, 5) is 20.6. The summed E-state index contributed by atoms with van der Waals surface area (Å²) in [5, 5.41) is 2.52. The molecule has 0 fully saturated rings. The highest BCUT2D eigenvalue weighted by molar-refractivity contribution is 5.77. The third-order valence-corrected chi connectivity index (χ3v) is 1.15. The van der Waals surface area contributed by atoms with E-state index in [1.54, 1.807) is 0 Å². The average molecular weight is 143 g/mol. The zero-order valence-corrected chi connectivity index (χ0v) is 6.39. The van der Waals surface area contributed by atoms with Crippen molar-refractivity contribution < 1.29 is 9.59 Å². The number of hydrogen-bond acceptors (Lipinski definition) is 2. The molecular formula is C7H13NO2. The second-order valence-electron chi connectivity index (χ2n) is 2.23. The summed E-state index contributed by atoms with van der Waals surface area (Å²) in [6.45, 7) is 3.38. The zero-order valence-electron chi connectivity index (χ0n) is 6.39. The van der Waals surface area contributed by atoms with Gasteiger partial charge in [0.25, 0.3) is 0 Å². The van der Waals surface area contributed by atoms with Crippen LogP contribution in [-0.4, -0.2) is 18.2 Å². The number of aldehydes is 1. The molecule has 0 heterocycles. The molecule has 1 amide bonds. The highest BCUT2D eigenvalue weighted by atomic mass is 16.2. The van der Waals surface area contributed by atoms with Crippen LogP contribution in [0.2, 0.25) is 0 Å². The van der Waals surface area contributed by atoms with Crippen molar-refractivity contribution in [2.45, 2.75) is 32.7 Å². The lowest BCUT2D eigenvalue weighted by Crippen LogP contribution is -2.33. The van der Waals surface area contributed by atoms with Crippen molar-refractivity contribution in [3.63, 3.8) is 0 Å². The van der Waals surface area contributed by atoms with E-state index >= 15 is 0 Å². The monoisotopic (exact) mass is 143 g/mol. The first-order valence-electron chi connectivity index (χ1n) is 3.43. The van der Waals surface area contributed by atoms with Gasteiger partial charge < -0.3 is 10.1 Å². The number of hydrogen-bond donors (Lipinski definition) is 1. The Hall–Kier alpha value is -0.860. The molecule has 0 radical (unpaired) electrons. The fourth-order valence-corrected chi connectivity index (χ4v) is 0.746. The summed E-state index contributed by atoms with van der Waals surface area (Å²) in [5.41, 5.74) is 0. The van der Waals surface area contributed by atoms with Crippen molar-refractivity contribution in [3.8, 4) is 0 Å². The maximum absolute atomic E-state index is 10.4. The maximum Gasteiger partial charge on any atom is 0.217 e. The quantitative estimate of drug-likeness (QED) is 0.582. The number of rotatable bonds is 4. The van der Waals surface area contributed by atoms with Gasteiger partial charge in [-0.3, -0.25) is 4.79 Å². The van der Waals surface area contributed by atoms with Crippen molar-refractivity contribution in [2.75, 3.05) is 0 Å². The highest BCUT2D eigenvalue weighted by Gasteiger charge is 2.04. The van der Waals surface area contributed by atoms with Crippen LogP contribution in [-0.2, 0) is 9.59 Å². The number of carbonyl (C=O) groups excluding carboxylic acids is 2. The van der Waals surface area contributed by atoms with E-state index in [9.17, 15) is 9.59 Å². The van der Waals surface area contributed by atoms with Crippen LogP contribution < -0.4 is 5.32 Å². The van der Waals surface area contributed by atoms with E-state index in [0.29, 0.717) is 0 Å². The van der Waals surface area contributed by atoms with Gasteiger partial charge in [0.15, 0.2) is 0 Å². The van der Waals surface area contributed by atoms with Gasteiger partial charge in [-0.15, -0.1) is 0 Å². The van der Waals surface area contributed by atoms with E-state index in [1.807, 2.05) is 6.92 Å². The largest absolute Gasteiger partial charge is 0.347 e.